The van der Waals surface area contributed by atoms with Gasteiger partial charge >= 0.3 is 0 Å². The first-order valence-electron chi connectivity index (χ1n) is 9.55. The number of hydrogen-bond donors (Lipinski definition) is 2. The minimum atomic E-state index is -3.59. The molecule has 7 nitrogen and oxygen atoms in total. The molecule has 0 saturated heterocycles. The molecule has 1 aliphatic rings. The van der Waals surface area contributed by atoms with E-state index in [1.165, 1.54) is 12.1 Å². The van der Waals surface area contributed by atoms with E-state index in [9.17, 15) is 18.0 Å². The Morgan fingerprint density at radius 3 is 2.45 bits per heavy atom. The van der Waals surface area contributed by atoms with Crippen LogP contribution in [0.4, 0.5) is 5.69 Å². The van der Waals surface area contributed by atoms with Crippen LogP contribution in [0.1, 0.15) is 43.0 Å². The average molecular weight is 416 g/mol. The lowest BCUT2D eigenvalue weighted by Crippen LogP contribution is -2.25. The van der Waals surface area contributed by atoms with Gasteiger partial charge in [0.05, 0.1) is 11.5 Å². The summed E-state index contributed by atoms with van der Waals surface area (Å²) >= 11 is 0. The van der Waals surface area contributed by atoms with E-state index in [4.69, 9.17) is 4.74 Å². The number of benzene rings is 2. The van der Waals surface area contributed by atoms with E-state index in [-0.39, 0.29) is 35.5 Å². The summed E-state index contributed by atoms with van der Waals surface area (Å²) in [5, 5.41) is 2.65. The van der Waals surface area contributed by atoms with Crippen molar-refractivity contribution in [3.63, 3.8) is 0 Å². The molecular weight excluding hydrogens is 392 g/mol. The number of ketones is 1. The summed E-state index contributed by atoms with van der Waals surface area (Å²) < 4.78 is 32.5. The van der Waals surface area contributed by atoms with Gasteiger partial charge < -0.3 is 10.1 Å². The summed E-state index contributed by atoms with van der Waals surface area (Å²) in [5.74, 6) is 0.190. The second-order valence-electron chi connectivity index (χ2n) is 6.85. The Labute approximate surface area is 170 Å². The zero-order chi connectivity index (χ0) is 20.9. The molecule has 3 rings (SSSR count). The van der Waals surface area contributed by atoms with Gasteiger partial charge in [0, 0.05) is 30.1 Å². The molecule has 0 spiro atoms. The van der Waals surface area contributed by atoms with Crippen LogP contribution in [-0.4, -0.2) is 32.8 Å². The average Bonchev–Trinajstić information content (AvgIpc) is 3.50. The lowest BCUT2D eigenvalue weighted by Gasteiger charge is -2.09. The second-order valence-corrected chi connectivity index (χ2v) is 8.57. The highest BCUT2D eigenvalue weighted by Gasteiger charge is 2.28. The SMILES string of the molecule is CCOc1ccc(C(=O)CCC(=O)Nc2cccc(S(=O)(=O)NC3CC3)c2)cc1. The molecule has 2 aromatic rings. The van der Waals surface area contributed by atoms with Crippen molar-refractivity contribution in [2.75, 3.05) is 11.9 Å². The Kier molecular flexibility index (Phi) is 6.66. The highest BCUT2D eigenvalue weighted by atomic mass is 32.2. The van der Waals surface area contributed by atoms with Gasteiger partial charge in [0.25, 0.3) is 0 Å². The Bertz CT molecular complexity index is 982. The molecular formula is C21H24N2O5S. The molecule has 0 aromatic heterocycles. The van der Waals surface area contributed by atoms with Crippen molar-refractivity contribution < 1.29 is 22.7 Å². The molecule has 0 heterocycles. The van der Waals surface area contributed by atoms with E-state index in [0.29, 0.717) is 23.6 Å². The van der Waals surface area contributed by atoms with E-state index in [2.05, 4.69) is 10.0 Å². The third kappa shape index (κ3) is 6.13. The number of carbonyl (C=O) groups excluding carboxylic acids is 2. The van der Waals surface area contributed by atoms with Gasteiger partial charge in [-0.25, -0.2) is 13.1 Å². The van der Waals surface area contributed by atoms with Gasteiger partial charge in [-0.3, -0.25) is 9.59 Å². The van der Waals surface area contributed by atoms with E-state index in [1.54, 1.807) is 36.4 Å². The van der Waals surface area contributed by atoms with E-state index in [0.717, 1.165) is 12.8 Å². The summed E-state index contributed by atoms with van der Waals surface area (Å²) in [6.07, 6.45) is 1.75. The number of Topliss-reactive ketones (excluding diaryl/α,β-unsaturated/α-hetero) is 1. The predicted molar refractivity (Wildman–Crippen MR) is 110 cm³/mol. The fourth-order valence-corrected chi connectivity index (χ4v) is 4.08. The maximum absolute atomic E-state index is 12.3. The molecule has 154 valence electrons. The highest BCUT2D eigenvalue weighted by molar-refractivity contribution is 7.89. The van der Waals surface area contributed by atoms with Crippen LogP contribution in [0.25, 0.3) is 0 Å². The van der Waals surface area contributed by atoms with Crippen molar-refractivity contribution in [1.29, 1.82) is 0 Å². The summed E-state index contributed by atoms with van der Waals surface area (Å²) in [6, 6.07) is 12.9. The van der Waals surface area contributed by atoms with Crippen molar-refractivity contribution in [3.05, 3.63) is 54.1 Å². The number of hydrogen-bond acceptors (Lipinski definition) is 5. The molecule has 1 fully saturated rings. The van der Waals surface area contributed by atoms with Crippen LogP contribution in [0, 0.1) is 0 Å². The van der Waals surface area contributed by atoms with Crippen molar-refractivity contribution in [2.24, 2.45) is 0 Å². The highest BCUT2D eigenvalue weighted by Crippen LogP contribution is 2.23. The van der Waals surface area contributed by atoms with Gasteiger partial charge in [-0.2, -0.15) is 0 Å². The number of nitrogens with one attached hydrogen (secondary N) is 2. The van der Waals surface area contributed by atoms with Crippen molar-refractivity contribution in [2.45, 2.75) is 43.5 Å². The van der Waals surface area contributed by atoms with Crippen LogP contribution < -0.4 is 14.8 Å². The van der Waals surface area contributed by atoms with Crippen molar-refractivity contribution >= 4 is 27.4 Å². The maximum Gasteiger partial charge on any atom is 0.240 e. The largest absolute Gasteiger partial charge is 0.494 e. The summed E-state index contributed by atoms with van der Waals surface area (Å²) in [4.78, 5) is 24.5. The van der Waals surface area contributed by atoms with Crippen LogP contribution in [0.2, 0.25) is 0 Å². The molecule has 1 aliphatic carbocycles. The molecule has 0 atom stereocenters. The topological polar surface area (TPSA) is 102 Å². The second kappa shape index (κ2) is 9.19. The number of amides is 1. The molecule has 0 aliphatic heterocycles. The number of anilines is 1. The number of rotatable bonds is 10. The van der Waals surface area contributed by atoms with Crippen LogP contribution >= 0.6 is 0 Å². The first kappa shape index (κ1) is 21.0. The van der Waals surface area contributed by atoms with Gasteiger partial charge in [-0.15, -0.1) is 0 Å². The fourth-order valence-electron chi connectivity index (χ4n) is 2.73. The van der Waals surface area contributed by atoms with Crippen molar-refractivity contribution in [3.8, 4) is 5.75 Å². The minimum absolute atomic E-state index is 0.00332. The quantitative estimate of drug-likeness (QED) is 0.580. The minimum Gasteiger partial charge on any atom is -0.494 e. The molecule has 29 heavy (non-hydrogen) atoms. The van der Waals surface area contributed by atoms with Crippen LogP contribution in [0.3, 0.4) is 0 Å². The standard InChI is InChI=1S/C21H24N2O5S/c1-2-28-18-10-6-15(7-11-18)20(24)12-13-21(25)22-17-4-3-5-19(14-17)29(26,27)23-16-8-9-16/h3-7,10-11,14,16,23H,2,8-9,12-13H2,1H3,(H,22,25). The van der Waals surface area contributed by atoms with E-state index in [1.807, 2.05) is 6.92 Å². The third-order valence-electron chi connectivity index (χ3n) is 4.39. The predicted octanol–water partition coefficient (Wildman–Crippen LogP) is 3.13. The van der Waals surface area contributed by atoms with Crippen LogP contribution in [-0.2, 0) is 14.8 Å². The van der Waals surface area contributed by atoms with Gasteiger partial charge in [-0.1, -0.05) is 6.07 Å². The molecule has 2 N–H and O–H groups in total. The Morgan fingerprint density at radius 2 is 1.79 bits per heavy atom. The lowest BCUT2D eigenvalue weighted by molar-refractivity contribution is -0.116. The fraction of sp³-hybridized carbons (Fsp3) is 0.333. The van der Waals surface area contributed by atoms with Crippen LogP contribution in [0.5, 0.6) is 5.75 Å². The Hall–Kier alpha value is -2.71. The summed E-state index contributed by atoms with van der Waals surface area (Å²) in [6.45, 7) is 2.43. The molecule has 1 saturated carbocycles. The van der Waals surface area contributed by atoms with Gasteiger partial charge in [0.15, 0.2) is 5.78 Å². The Balaban J connectivity index is 1.54. The molecule has 2 aromatic carbocycles. The maximum atomic E-state index is 12.3. The monoisotopic (exact) mass is 416 g/mol. The molecule has 8 heteroatoms. The summed E-state index contributed by atoms with van der Waals surface area (Å²) in [7, 11) is -3.59. The van der Waals surface area contributed by atoms with Crippen molar-refractivity contribution in [1.82, 2.24) is 4.72 Å². The van der Waals surface area contributed by atoms with E-state index >= 15 is 0 Å². The molecule has 0 bridgehead atoms. The number of carbonyl (C=O) groups is 2. The first-order chi connectivity index (χ1) is 13.9. The van der Waals surface area contributed by atoms with E-state index < -0.39 is 10.0 Å². The third-order valence-corrected chi connectivity index (χ3v) is 5.91. The molecule has 1 amide bonds. The zero-order valence-corrected chi connectivity index (χ0v) is 17.0. The smallest absolute Gasteiger partial charge is 0.240 e. The molecule has 0 unspecified atom stereocenters. The van der Waals surface area contributed by atoms with Gasteiger partial charge in [0.1, 0.15) is 5.75 Å². The Morgan fingerprint density at radius 1 is 1.07 bits per heavy atom. The lowest BCUT2D eigenvalue weighted by atomic mass is 10.1. The number of ether oxygens (including phenoxy) is 1. The summed E-state index contributed by atoms with van der Waals surface area (Å²) in [5.41, 5.74) is 0.891. The van der Waals surface area contributed by atoms with Gasteiger partial charge in [0.2, 0.25) is 15.9 Å². The zero-order valence-electron chi connectivity index (χ0n) is 16.2. The first-order valence-corrected chi connectivity index (χ1v) is 11.0. The molecule has 0 radical (unpaired) electrons. The normalized spacial score (nSPS) is 13.7. The number of sulfonamides is 1. The van der Waals surface area contributed by atoms with Gasteiger partial charge in [-0.05, 0) is 62.2 Å². The van der Waals surface area contributed by atoms with Crippen LogP contribution in [0.15, 0.2) is 53.4 Å².